The molecule has 5 nitrogen and oxygen atoms in total. The molecule has 0 saturated carbocycles. The van der Waals surface area contributed by atoms with E-state index >= 15 is 0 Å². The van der Waals surface area contributed by atoms with E-state index in [-0.39, 0.29) is 28.0 Å². The maximum Gasteiger partial charge on any atom is 0.435 e. The number of para-hydroxylation sites is 1. The number of carbonyl (C=O) groups is 1. The van der Waals surface area contributed by atoms with Crippen molar-refractivity contribution in [2.24, 2.45) is 0 Å². The minimum atomic E-state index is -4.66. The number of alkyl halides is 3. The Labute approximate surface area is 208 Å². The van der Waals surface area contributed by atoms with Gasteiger partial charge in [-0.25, -0.2) is 9.48 Å². The summed E-state index contributed by atoms with van der Waals surface area (Å²) in [5, 5.41) is 3.96. The first-order valence-electron chi connectivity index (χ1n) is 10.2. The number of carbonyl (C=O) groups excluding carboxylic acids is 1. The van der Waals surface area contributed by atoms with E-state index in [0.717, 1.165) is 16.3 Å². The molecule has 0 N–H and O–H groups in total. The van der Waals surface area contributed by atoms with Crippen molar-refractivity contribution in [3.8, 4) is 22.6 Å². The van der Waals surface area contributed by atoms with E-state index in [1.165, 1.54) is 19.2 Å². The van der Waals surface area contributed by atoms with Gasteiger partial charge < -0.3 is 9.47 Å². The highest BCUT2D eigenvalue weighted by Crippen LogP contribution is 2.34. The first-order valence-corrected chi connectivity index (χ1v) is 11.0. The zero-order valence-corrected chi connectivity index (χ0v) is 19.7. The van der Waals surface area contributed by atoms with Crippen LogP contribution >= 0.6 is 23.2 Å². The SMILES string of the molecule is COC(=O)c1ccccc1-c1ccc(OCc2cc(C(F)(F)F)nn2-c2c(Cl)cccc2Cl)cc1. The average molecular weight is 521 g/mol. The number of hydrogen-bond donors (Lipinski definition) is 0. The van der Waals surface area contributed by atoms with Crippen LogP contribution in [0, 0.1) is 0 Å². The normalized spacial score (nSPS) is 11.4. The Morgan fingerprint density at radius 3 is 2.26 bits per heavy atom. The first-order chi connectivity index (χ1) is 16.7. The van der Waals surface area contributed by atoms with Crippen molar-refractivity contribution >= 4 is 29.2 Å². The Kier molecular flexibility index (Phi) is 7.05. The van der Waals surface area contributed by atoms with Crippen LogP contribution in [0.15, 0.2) is 72.8 Å². The lowest BCUT2D eigenvalue weighted by molar-refractivity contribution is -0.141. The monoisotopic (exact) mass is 520 g/mol. The average Bonchev–Trinajstić information content (AvgIpc) is 3.27. The molecule has 3 aromatic carbocycles. The van der Waals surface area contributed by atoms with E-state index in [1.807, 2.05) is 0 Å². The number of esters is 1. The van der Waals surface area contributed by atoms with Crippen LogP contribution < -0.4 is 4.74 Å². The Morgan fingerprint density at radius 1 is 0.971 bits per heavy atom. The van der Waals surface area contributed by atoms with Gasteiger partial charge in [0.25, 0.3) is 0 Å². The standard InChI is InChI=1S/C25H17Cl2F3N2O3/c1-34-24(33)19-6-3-2-5-18(19)15-9-11-17(12-10-15)35-14-16-13-22(25(28,29)30)31-32(16)23-20(26)7-4-8-21(23)27/h2-13H,14H2,1H3. The van der Waals surface area contributed by atoms with Crippen molar-refractivity contribution in [2.75, 3.05) is 7.11 Å². The van der Waals surface area contributed by atoms with Crippen LogP contribution in [0.4, 0.5) is 13.2 Å². The molecular weight excluding hydrogens is 504 g/mol. The number of hydrogen-bond acceptors (Lipinski definition) is 4. The molecule has 35 heavy (non-hydrogen) atoms. The number of benzene rings is 3. The summed E-state index contributed by atoms with van der Waals surface area (Å²) in [5.74, 6) is -0.0660. The van der Waals surface area contributed by atoms with Gasteiger partial charge in [0.1, 0.15) is 18.0 Å². The van der Waals surface area contributed by atoms with Gasteiger partial charge in [-0.1, -0.05) is 59.6 Å². The van der Waals surface area contributed by atoms with Gasteiger partial charge in [0.05, 0.1) is 28.4 Å². The third kappa shape index (κ3) is 5.28. The van der Waals surface area contributed by atoms with Gasteiger partial charge in [0.15, 0.2) is 5.69 Å². The van der Waals surface area contributed by atoms with Crippen LogP contribution in [0.25, 0.3) is 16.8 Å². The number of aromatic nitrogens is 2. The second-order valence-electron chi connectivity index (χ2n) is 7.35. The lowest BCUT2D eigenvalue weighted by Crippen LogP contribution is -2.09. The van der Waals surface area contributed by atoms with Gasteiger partial charge >= 0.3 is 12.1 Å². The zero-order valence-electron chi connectivity index (χ0n) is 18.1. The number of methoxy groups -OCH3 is 1. The topological polar surface area (TPSA) is 53.4 Å². The molecule has 0 fully saturated rings. The lowest BCUT2D eigenvalue weighted by atomic mass is 10.00. The van der Waals surface area contributed by atoms with Crippen molar-refractivity contribution < 1.29 is 27.4 Å². The molecule has 1 heterocycles. The van der Waals surface area contributed by atoms with E-state index in [9.17, 15) is 18.0 Å². The van der Waals surface area contributed by atoms with Crippen molar-refractivity contribution in [3.05, 3.63) is 99.8 Å². The van der Waals surface area contributed by atoms with Gasteiger partial charge in [-0.2, -0.15) is 18.3 Å². The molecule has 0 atom stereocenters. The van der Waals surface area contributed by atoms with Crippen LogP contribution in [0.5, 0.6) is 5.75 Å². The Balaban J connectivity index is 1.61. The van der Waals surface area contributed by atoms with Crippen molar-refractivity contribution in [1.29, 1.82) is 0 Å². The highest BCUT2D eigenvalue weighted by molar-refractivity contribution is 6.37. The Bertz CT molecular complexity index is 1350. The Hall–Kier alpha value is -3.49. The van der Waals surface area contributed by atoms with Crippen LogP contribution in [0.2, 0.25) is 10.0 Å². The van der Waals surface area contributed by atoms with Crippen molar-refractivity contribution in [3.63, 3.8) is 0 Å². The summed E-state index contributed by atoms with van der Waals surface area (Å²) < 4.78 is 51.7. The fourth-order valence-electron chi connectivity index (χ4n) is 3.46. The molecule has 0 aliphatic carbocycles. The van der Waals surface area contributed by atoms with Crippen LogP contribution in [0.1, 0.15) is 21.7 Å². The molecule has 0 amide bonds. The molecule has 0 unspecified atom stereocenters. The van der Waals surface area contributed by atoms with E-state index < -0.39 is 17.8 Å². The number of halogens is 5. The summed E-state index contributed by atoms with van der Waals surface area (Å²) in [4.78, 5) is 12.0. The van der Waals surface area contributed by atoms with Gasteiger partial charge in [0.2, 0.25) is 0 Å². The highest BCUT2D eigenvalue weighted by atomic mass is 35.5. The third-order valence-electron chi connectivity index (χ3n) is 5.11. The molecule has 0 spiro atoms. The van der Waals surface area contributed by atoms with Crippen molar-refractivity contribution in [2.45, 2.75) is 12.8 Å². The molecule has 0 saturated heterocycles. The summed E-state index contributed by atoms with van der Waals surface area (Å²) in [7, 11) is 1.31. The molecule has 180 valence electrons. The molecule has 0 aliphatic rings. The van der Waals surface area contributed by atoms with E-state index in [1.54, 1.807) is 54.6 Å². The maximum absolute atomic E-state index is 13.4. The minimum Gasteiger partial charge on any atom is -0.487 e. The molecule has 0 bridgehead atoms. The van der Waals surface area contributed by atoms with Gasteiger partial charge in [0, 0.05) is 0 Å². The second kappa shape index (κ2) is 10.0. The molecular formula is C25H17Cl2F3N2O3. The summed E-state index contributed by atoms with van der Waals surface area (Å²) in [6.07, 6.45) is -4.66. The van der Waals surface area contributed by atoms with Gasteiger partial charge in [-0.05, 0) is 47.5 Å². The minimum absolute atomic E-state index is 0.104. The molecule has 0 aliphatic heterocycles. The Morgan fingerprint density at radius 2 is 1.63 bits per heavy atom. The van der Waals surface area contributed by atoms with E-state index in [4.69, 9.17) is 32.7 Å². The van der Waals surface area contributed by atoms with Crippen LogP contribution in [-0.2, 0) is 17.5 Å². The van der Waals surface area contributed by atoms with E-state index in [0.29, 0.717) is 16.9 Å². The summed E-state index contributed by atoms with van der Waals surface area (Å²) in [6.45, 7) is -0.233. The fraction of sp³-hybridized carbons (Fsp3) is 0.120. The highest BCUT2D eigenvalue weighted by Gasteiger charge is 2.35. The quantitative estimate of drug-likeness (QED) is 0.251. The van der Waals surface area contributed by atoms with Crippen LogP contribution in [-0.4, -0.2) is 22.9 Å². The van der Waals surface area contributed by atoms with E-state index in [2.05, 4.69) is 5.10 Å². The van der Waals surface area contributed by atoms with Gasteiger partial charge in [-0.3, -0.25) is 0 Å². The summed E-state index contributed by atoms with van der Waals surface area (Å²) in [6, 6.07) is 19.2. The smallest absolute Gasteiger partial charge is 0.435 e. The number of rotatable bonds is 6. The third-order valence-corrected chi connectivity index (χ3v) is 5.72. The predicted octanol–water partition coefficient (Wildman–Crippen LogP) is 7.23. The molecule has 4 aromatic rings. The maximum atomic E-state index is 13.4. The largest absolute Gasteiger partial charge is 0.487 e. The first kappa shape index (κ1) is 24.6. The second-order valence-corrected chi connectivity index (χ2v) is 8.17. The molecule has 10 heteroatoms. The number of ether oxygens (including phenoxy) is 2. The zero-order chi connectivity index (χ0) is 25.2. The van der Waals surface area contributed by atoms with Gasteiger partial charge in [-0.15, -0.1) is 0 Å². The van der Waals surface area contributed by atoms with Crippen molar-refractivity contribution in [1.82, 2.24) is 9.78 Å². The lowest BCUT2D eigenvalue weighted by Gasteiger charge is -2.13. The van der Waals surface area contributed by atoms with Crippen LogP contribution in [0.3, 0.4) is 0 Å². The molecule has 4 rings (SSSR count). The fourth-order valence-corrected chi connectivity index (χ4v) is 4.01. The predicted molar refractivity (Wildman–Crippen MR) is 126 cm³/mol. The summed E-state index contributed by atoms with van der Waals surface area (Å²) >= 11 is 12.4. The number of nitrogens with zero attached hydrogens (tertiary/aromatic N) is 2. The summed E-state index contributed by atoms with van der Waals surface area (Å²) in [5.41, 5.74) is 0.954. The molecule has 0 radical (unpaired) electrons. The molecule has 1 aromatic heterocycles.